The second-order valence-electron chi connectivity index (χ2n) is 8.93. The molecule has 0 bridgehead atoms. The molecular formula is C29H33N3O2S2. The van der Waals surface area contributed by atoms with Gasteiger partial charge in [0.15, 0.2) is 0 Å². The van der Waals surface area contributed by atoms with Crippen LogP contribution in [0, 0.1) is 6.92 Å². The number of nitrogens with zero attached hydrogens (tertiary/aromatic N) is 3. The Kier molecular flexibility index (Phi) is 8.99. The first-order chi connectivity index (χ1) is 17.5. The molecule has 1 saturated heterocycles. The van der Waals surface area contributed by atoms with Crippen LogP contribution in [0.1, 0.15) is 57.1 Å². The predicted molar refractivity (Wildman–Crippen MR) is 154 cm³/mol. The minimum Gasteiger partial charge on any atom is -0.494 e. The molecule has 0 atom stereocenters. The lowest BCUT2D eigenvalue weighted by Crippen LogP contribution is -2.28. The van der Waals surface area contributed by atoms with Crippen LogP contribution in [0.4, 0.5) is 0 Å². The van der Waals surface area contributed by atoms with Crippen LogP contribution >= 0.6 is 24.0 Å². The molecule has 1 fully saturated rings. The summed E-state index contributed by atoms with van der Waals surface area (Å²) in [6.07, 6.45) is 9.20. The number of thioether (sulfide) groups is 1. The fourth-order valence-corrected chi connectivity index (χ4v) is 5.39. The number of amides is 1. The predicted octanol–water partition coefficient (Wildman–Crippen LogP) is 7.42. The zero-order valence-corrected chi connectivity index (χ0v) is 22.8. The lowest BCUT2D eigenvalue weighted by atomic mass is 10.0. The highest BCUT2D eigenvalue weighted by molar-refractivity contribution is 8.26. The van der Waals surface area contributed by atoms with Crippen molar-refractivity contribution in [2.75, 3.05) is 13.2 Å². The van der Waals surface area contributed by atoms with Crippen LogP contribution in [-0.4, -0.2) is 38.1 Å². The zero-order valence-electron chi connectivity index (χ0n) is 21.2. The minimum atomic E-state index is -0.0177. The average Bonchev–Trinajstić information content (AvgIpc) is 3.41. The van der Waals surface area contributed by atoms with Gasteiger partial charge in [-0.15, -0.1) is 0 Å². The van der Waals surface area contributed by atoms with Crippen LogP contribution in [0.25, 0.3) is 23.0 Å². The minimum absolute atomic E-state index is 0.0177. The summed E-state index contributed by atoms with van der Waals surface area (Å²) in [5.74, 6) is 0.845. The van der Waals surface area contributed by atoms with Gasteiger partial charge in [0.1, 0.15) is 15.8 Å². The Bertz CT molecular complexity index is 1250. The normalized spacial score (nSPS) is 14.8. The molecule has 3 aromatic rings. The molecule has 0 N–H and O–H groups in total. The van der Waals surface area contributed by atoms with E-state index in [1.807, 2.05) is 53.4 Å². The molecule has 0 aliphatic carbocycles. The topological polar surface area (TPSA) is 47.4 Å². The molecular weight excluding hydrogens is 486 g/mol. The second kappa shape index (κ2) is 12.4. The number of aryl methyl sites for hydroxylation is 1. The zero-order chi connectivity index (χ0) is 25.5. The lowest BCUT2D eigenvalue weighted by molar-refractivity contribution is -0.122. The summed E-state index contributed by atoms with van der Waals surface area (Å²) in [6.45, 7) is 7.76. The van der Waals surface area contributed by atoms with Crippen LogP contribution in [0.5, 0.6) is 5.75 Å². The van der Waals surface area contributed by atoms with E-state index in [4.69, 9.17) is 22.1 Å². The van der Waals surface area contributed by atoms with E-state index in [9.17, 15) is 4.79 Å². The third kappa shape index (κ3) is 6.08. The number of para-hydroxylation sites is 1. The van der Waals surface area contributed by atoms with Crippen molar-refractivity contribution in [1.29, 1.82) is 0 Å². The van der Waals surface area contributed by atoms with Crippen molar-refractivity contribution in [1.82, 2.24) is 14.7 Å². The van der Waals surface area contributed by atoms with E-state index in [1.165, 1.54) is 11.8 Å². The second-order valence-corrected chi connectivity index (χ2v) is 10.6. The average molecular weight is 520 g/mol. The molecule has 1 aliphatic heterocycles. The van der Waals surface area contributed by atoms with E-state index < -0.39 is 0 Å². The van der Waals surface area contributed by atoms with Crippen LogP contribution in [0.2, 0.25) is 0 Å². The largest absolute Gasteiger partial charge is 0.494 e. The number of ether oxygens (including phenoxy) is 1. The summed E-state index contributed by atoms with van der Waals surface area (Å²) in [5, 5.41) is 4.95. The Morgan fingerprint density at radius 1 is 1.06 bits per heavy atom. The van der Waals surface area contributed by atoms with E-state index in [2.05, 4.69) is 32.9 Å². The van der Waals surface area contributed by atoms with E-state index in [0.29, 0.717) is 22.4 Å². The van der Waals surface area contributed by atoms with Gasteiger partial charge < -0.3 is 4.74 Å². The third-order valence-electron chi connectivity index (χ3n) is 6.13. The van der Waals surface area contributed by atoms with Crippen LogP contribution < -0.4 is 4.74 Å². The van der Waals surface area contributed by atoms with E-state index in [1.54, 1.807) is 4.90 Å². The van der Waals surface area contributed by atoms with E-state index in [0.717, 1.165) is 65.9 Å². The smallest absolute Gasteiger partial charge is 0.266 e. The van der Waals surface area contributed by atoms with Crippen LogP contribution in [-0.2, 0) is 4.79 Å². The maximum atomic E-state index is 13.2. The summed E-state index contributed by atoms with van der Waals surface area (Å²) >= 11 is 6.91. The highest BCUT2D eigenvalue weighted by Crippen LogP contribution is 2.36. The van der Waals surface area contributed by atoms with Gasteiger partial charge in [-0.05, 0) is 61.7 Å². The molecule has 5 nitrogen and oxygen atoms in total. The van der Waals surface area contributed by atoms with Crippen molar-refractivity contribution >= 4 is 40.3 Å². The summed E-state index contributed by atoms with van der Waals surface area (Å²) in [5.41, 5.74) is 4.76. The standard InChI is InChI=1S/C29H33N3O2S2/c1-4-6-11-16-31-28(33)26(36-29(31)35)19-22-20-32(23-12-9-8-10-13-23)30-27(22)25-15-14-24(18-21(25)3)34-17-7-5-2/h8-10,12-15,18-20H,4-7,11,16-17H2,1-3H3/b26-19-. The molecule has 0 unspecified atom stereocenters. The van der Waals surface area contributed by atoms with Crippen molar-refractivity contribution in [2.24, 2.45) is 0 Å². The van der Waals surface area contributed by atoms with Crippen molar-refractivity contribution < 1.29 is 9.53 Å². The SMILES string of the molecule is CCCCCN1C(=O)/C(=C/c2cn(-c3ccccc3)nc2-c2ccc(OCCCC)cc2C)SC1=S. The fraction of sp³-hybridized carbons (Fsp3) is 0.345. The Morgan fingerprint density at radius 2 is 1.83 bits per heavy atom. The quantitative estimate of drug-likeness (QED) is 0.150. The highest BCUT2D eigenvalue weighted by atomic mass is 32.2. The van der Waals surface area contributed by atoms with Gasteiger partial charge in [0.2, 0.25) is 0 Å². The van der Waals surface area contributed by atoms with Crippen molar-refractivity contribution in [3.63, 3.8) is 0 Å². The number of thiocarbonyl (C=S) groups is 1. The van der Waals surface area contributed by atoms with Crippen molar-refractivity contribution in [2.45, 2.75) is 52.9 Å². The fourth-order valence-electron chi connectivity index (χ4n) is 4.10. The van der Waals surface area contributed by atoms with Gasteiger partial charge in [0, 0.05) is 23.9 Å². The number of benzene rings is 2. The molecule has 36 heavy (non-hydrogen) atoms. The van der Waals surface area contributed by atoms with Gasteiger partial charge >= 0.3 is 0 Å². The first kappa shape index (κ1) is 26.2. The number of hydrogen-bond acceptors (Lipinski definition) is 5. The molecule has 4 rings (SSSR count). The summed E-state index contributed by atoms with van der Waals surface area (Å²) in [4.78, 5) is 15.6. The molecule has 1 aliphatic rings. The molecule has 1 amide bonds. The lowest BCUT2D eigenvalue weighted by Gasteiger charge is -2.13. The van der Waals surface area contributed by atoms with Crippen LogP contribution in [0.15, 0.2) is 59.6 Å². The number of unbranched alkanes of at least 4 members (excludes halogenated alkanes) is 3. The van der Waals surface area contributed by atoms with Gasteiger partial charge in [-0.2, -0.15) is 5.10 Å². The molecule has 2 heterocycles. The summed E-state index contributed by atoms with van der Waals surface area (Å²) < 4.78 is 8.40. The Labute approximate surface area is 223 Å². The van der Waals surface area contributed by atoms with Gasteiger partial charge in [-0.25, -0.2) is 4.68 Å². The summed E-state index contributed by atoms with van der Waals surface area (Å²) in [7, 11) is 0. The van der Waals surface area contributed by atoms with Crippen LogP contribution in [0.3, 0.4) is 0 Å². The molecule has 0 radical (unpaired) electrons. The third-order valence-corrected chi connectivity index (χ3v) is 7.51. The Morgan fingerprint density at radius 3 is 2.56 bits per heavy atom. The Hall–Kier alpha value is -2.90. The monoisotopic (exact) mass is 519 g/mol. The van der Waals surface area contributed by atoms with E-state index in [-0.39, 0.29) is 5.91 Å². The maximum absolute atomic E-state index is 13.2. The summed E-state index contributed by atoms with van der Waals surface area (Å²) in [6, 6.07) is 16.1. The maximum Gasteiger partial charge on any atom is 0.266 e. The Balaban J connectivity index is 1.70. The molecule has 0 spiro atoms. The molecule has 1 aromatic heterocycles. The molecule has 188 valence electrons. The number of carbonyl (C=O) groups is 1. The van der Waals surface area contributed by atoms with Gasteiger partial charge in [0.05, 0.1) is 17.2 Å². The van der Waals surface area contributed by atoms with Crippen molar-refractivity contribution in [3.05, 3.63) is 70.8 Å². The molecule has 0 saturated carbocycles. The number of aromatic nitrogens is 2. The van der Waals surface area contributed by atoms with Gasteiger partial charge in [0.25, 0.3) is 5.91 Å². The van der Waals surface area contributed by atoms with E-state index >= 15 is 0 Å². The number of hydrogen-bond donors (Lipinski definition) is 0. The van der Waals surface area contributed by atoms with Crippen molar-refractivity contribution in [3.8, 4) is 22.7 Å². The highest BCUT2D eigenvalue weighted by Gasteiger charge is 2.32. The number of carbonyl (C=O) groups excluding carboxylic acids is 1. The molecule has 2 aromatic carbocycles. The molecule has 7 heteroatoms. The van der Waals surface area contributed by atoms with Gasteiger partial charge in [-0.1, -0.05) is 75.3 Å². The first-order valence-electron chi connectivity index (χ1n) is 12.7. The number of rotatable bonds is 11. The first-order valence-corrected chi connectivity index (χ1v) is 13.9. The van der Waals surface area contributed by atoms with Gasteiger partial charge in [-0.3, -0.25) is 9.69 Å².